The standard InChI is InChI=1S/C13H16N4O3S3/c1-6(2)20-13(19)10-7(4-21-8-3-15-16-23-8)5-22-12-9(14)11(18)17(10)12/h3,6,9,12H,4-5,14H2,1-2H3/t9?,12-/m0/s1. The van der Waals surface area contributed by atoms with E-state index in [2.05, 4.69) is 9.59 Å². The number of nitrogens with zero attached hydrogens (tertiary/aromatic N) is 3. The molecule has 0 saturated carbocycles. The fraction of sp³-hybridized carbons (Fsp3) is 0.538. The van der Waals surface area contributed by atoms with Gasteiger partial charge in [-0.1, -0.05) is 4.49 Å². The summed E-state index contributed by atoms with van der Waals surface area (Å²) in [5.41, 5.74) is 7.08. The molecule has 0 bridgehead atoms. The zero-order valence-electron chi connectivity index (χ0n) is 12.6. The van der Waals surface area contributed by atoms with Crippen LogP contribution in [0, 0.1) is 0 Å². The number of carbonyl (C=O) groups excluding carboxylic acids is 2. The molecule has 1 aromatic heterocycles. The van der Waals surface area contributed by atoms with Gasteiger partial charge in [-0.2, -0.15) is 0 Å². The van der Waals surface area contributed by atoms with Crippen LogP contribution in [-0.4, -0.2) is 55.4 Å². The van der Waals surface area contributed by atoms with Crippen molar-refractivity contribution in [2.24, 2.45) is 5.73 Å². The molecule has 2 aliphatic rings. The van der Waals surface area contributed by atoms with Gasteiger partial charge in [0.05, 0.1) is 12.3 Å². The number of ether oxygens (including phenoxy) is 1. The molecule has 1 fully saturated rings. The molecule has 2 atom stereocenters. The van der Waals surface area contributed by atoms with Gasteiger partial charge in [-0.3, -0.25) is 9.69 Å². The van der Waals surface area contributed by atoms with Crippen molar-refractivity contribution in [2.45, 2.75) is 35.6 Å². The maximum Gasteiger partial charge on any atom is 0.355 e. The molecule has 0 aliphatic carbocycles. The first-order valence-electron chi connectivity index (χ1n) is 7.02. The van der Waals surface area contributed by atoms with Gasteiger partial charge in [0.25, 0.3) is 0 Å². The first kappa shape index (κ1) is 16.7. The molecule has 2 N–H and O–H groups in total. The van der Waals surface area contributed by atoms with E-state index in [0.29, 0.717) is 17.2 Å². The van der Waals surface area contributed by atoms with E-state index in [1.165, 1.54) is 16.4 Å². The number of carbonyl (C=O) groups is 2. The molecule has 3 rings (SSSR count). The molecular weight excluding hydrogens is 356 g/mol. The predicted octanol–water partition coefficient (Wildman–Crippen LogP) is 1.08. The third kappa shape index (κ3) is 3.25. The van der Waals surface area contributed by atoms with E-state index in [9.17, 15) is 9.59 Å². The number of amides is 1. The average Bonchev–Trinajstić information content (AvgIpc) is 3.03. The Hall–Kier alpha value is -1.10. The number of β-lactam (4-membered cyclic amide) rings is 1. The van der Waals surface area contributed by atoms with Gasteiger partial charge in [0.15, 0.2) is 0 Å². The summed E-state index contributed by atoms with van der Waals surface area (Å²) >= 11 is 4.44. The van der Waals surface area contributed by atoms with Gasteiger partial charge in [0, 0.05) is 11.5 Å². The van der Waals surface area contributed by atoms with Crippen molar-refractivity contribution < 1.29 is 14.3 Å². The van der Waals surface area contributed by atoms with Crippen molar-refractivity contribution in [3.63, 3.8) is 0 Å². The predicted molar refractivity (Wildman–Crippen MR) is 90.0 cm³/mol. The molecule has 0 spiro atoms. The summed E-state index contributed by atoms with van der Waals surface area (Å²) in [5, 5.41) is 3.62. The third-order valence-corrected chi connectivity index (χ3v) is 6.64. The monoisotopic (exact) mass is 372 g/mol. The first-order chi connectivity index (χ1) is 11.0. The number of hydrogen-bond acceptors (Lipinski definition) is 9. The molecule has 0 aromatic carbocycles. The van der Waals surface area contributed by atoms with Crippen LogP contribution < -0.4 is 5.73 Å². The summed E-state index contributed by atoms with van der Waals surface area (Å²) in [5.74, 6) is 0.568. The highest BCUT2D eigenvalue weighted by atomic mass is 32.2. The largest absolute Gasteiger partial charge is 0.458 e. The summed E-state index contributed by atoms with van der Waals surface area (Å²) in [6.07, 6.45) is 1.44. The first-order valence-corrected chi connectivity index (χ1v) is 9.83. The minimum atomic E-state index is -0.540. The summed E-state index contributed by atoms with van der Waals surface area (Å²) < 4.78 is 10.1. The zero-order valence-corrected chi connectivity index (χ0v) is 15.0. The Balaban J connectivity index is 1.84. The lowest BCUT2D eigenvalue weighted by molar-refractivity contribution is -0.152. The zero-order chi connectivity index (χ0) is 16.6. The second kappa shape index (κ2) is 6.80. The van der Waals surface area contributed by atoms with Crippen LogP contribution >= 0.6 is 35.1 Å². The van der Waals surface area contributed by atoms with Crippen molar-refractivity contribution in [3.8, 4) is 0 Å². The van der Waals surface area contributed by atoms with Crippen LogP contribution in [0.25, 0.3) is 0 Å². The molecule has 7 nitrogen and oxygen atoms in total. The number of hydrogen-bond donors (Lipinski definition) is 1. The SMILES string of the molecule is CC(C)OC(=O)C1=C(CSc2cnns2)CS[C@H]2C(N)C(=O)N12. The van der Waals surface area contributed by atoms with Crippen LogP contribution in [0.4, 0.5) is 0 Å². The van der Waals surface area contributed by atoms with Crippen LogP contribution in [0.1, 0.15) is 13.8 Å². The van der Waals surface area contributed by atoms with Crippen LogP contribution in [0.3, 0.4) is 0 Å². The maximum atomic E-state index is 12.5. The molecule has 10 heteroatoms. The van der Waals surface area contributed by atoms with Crippen molar-refractivity contribution in [2.75, 3.05) is 11.5 Å². The summed E-state index contributed by atoms with van der Waals surface area (Å²) in [7, 11) is 0. The van der Waals surface area contributed by atoms with Crippen molar-refractivity contribution in [3.05, 3.63) is 17.5 Å². The van der Waals surface area contributed by atoms with Gasteiger partial charge < -0.3 is 10.5 Å². The Morgan fingerprint density at radius 3 is 3.04 bits per heavy atom. The second-order valence-corrected chi connectivity index (χ2v) is 8.53. The fourth-order valence-corrected chi connectivity index (χ4v) is 5.18. The molecule has 1 saturated heterocycles. The molecule has 124 valence electrons. The van der Waals surface area contributed by atoms with E-state index in [1.54, 1.807) is 43.6 Å². The molecule has 1 aromatic rings. The van der Waals surface area contributed by atoms with Gasteiger partial charge in [-0.05, 0) is 31.0 Å². The summed E-state index contributed by atoms with van der Waals surface area (Å²) in [4.78, 5) is 26.1. The molecule has 3 heterocycles. The Morgan fingerprint density at radius 1 is 1.61 bits per heavy atom. The number of rotatable bonds is 5. The number of esters is 1. The van der Waals surface area contributed by atoms with Gasteiger partial charge in [0.1, 0.15) is 21.3 Å². The highest BCUT2D eigenvalue weighted by Crippen LogP contribution is 2.41. The van der Waals surface area contributed by atoms with Crippen molar-refractivity contribution in [1.29, 1.82) is 0 Å². The minimum Gasteiger partial charge on any atom is -0.458 e. The Kier molecular flexibility index (Phi) is 4.95. The number of thioether (sulfide) groups is 2. The van der Waals surface area contributed by atoms with E-state index in [0.717, 1.165) is 9.78 Å². The van der Waals surface area contributed by atoms with E-state index >= 15 is 0 Å². The quantitative estimate of drug-likeness (QED) is 0.466. The molecule has 1 unspecified atom stereocenters. The lowest BCUT2D eigenvalue weighted by atomic mass is 10.0. The molecule has 2 aliphatic heterocycles. The highest BCUT2D eigenvalue weighted by molar-refractivity contribution is 8.01. The normalized spacial score (nSPS) is 23.8. The lowest BCUT2D eigenvalue weighted by Gasteiger charge is -2.48. The number of aromatic nitrogens is 2. The highest BCUT2D eigenvalue weighted by Gasteiger charge is 2.52. The molecular formula is C13H16N4O3S3. The lowest BCUT2D eigenvalue weighted by Crippen LogP contribution is -2.68. The fourth-order valence-electron chi connectivity index (χ4n) is 2.33. The van der Waals surface area contributed by atoms with E-state index in [1.807, 2.05) is 0 Å². The Labute approximate surface area is 146 Å². The molecule has 23 heavy (non-hydrogen) atoms. The third-order valence-electron chi connectivity index (χ3n) is 3.35. The number of nitrogens with two attached hydrogens (primary N) is 1. The van der Waals surface area contributed by atoms with Crippen molar-refractivity contribution >= 4 is 46.9 Å². The minimum absolute atomic E-state index is 0.170. The Morgan fingerprint density at radius 2 is 2.39 bits per heavy atom. The second-order valence-electron chi connectivity index (χ2n) is 5.37. The van der Waals surface area contributed by atoms with Crippen LogP contribution in [0.5, 0.6) is 0 Å². The average molecular weight is 372 g/mol. The van der Waals surface area contributed by atoms with E-state index in [4.69, 9.17) is 10.5 Å². The maximum absolute atomic E-state index is 12.5. The topological polar surface area (TPSA) is 98.4 Å². The summed E-state index contributed by atoms with van der Waals surface area (Å²) in [6.45, 7) is 3.57. The van der Waals surface area contributed by atoms with E-state index < -0.39 is 12.0 Å². The Bertz CT molecular complexity index is 647. The van der Waals surface area contributed by atoms with E-state index in [-0.39, 0.29) is 17.4 Å². The smallest absolute Gasteiger partial charge is 0.355 e. The molecule has 1 amide bonds. The van der Waals surface area contributed by atoms with Gasteiger partial charge >= 0.3 is 5.97 Å². The van der Waals surface area contributed by atoms with Gasteiger partial charge in [-0.25, -0.2) is 4.79 Å². The van der Waals surface area contributed by atoms with Gasteiger partial charge in [-0.15, -0.1) is 28.6 Å². The molecule has 0 radical (unpaired) electrons. The van der Waals surface area contributed by atoms with Crippen LogP contribution in [-0.2, 0) is 14.3 Å². The number of fused-ring (bicyclic) bond motifs is 1. The van der Waals surface area contributed by atoms with Crippen LogP contribution in [0.15, 0.2) is 21.7 Å². The van der Waals surface area contributed by atoms with Gasteiger partial charge in [0.2, 0.25) is 5.91 Å². The van der Waals surface area contributed by atoms with Crippen LogP contribution in [0.2, 0.25) is 0 Å². The summed E-state index contributed by atoms with van der Waals surface area (Å²) in [6, 6.07) is -0.540. The van der Waals surface area contributed by atoms with Crippen molar-refractivity contribution in [1.82, 2.24) is 14.5 Å².